The standard InChI is InChI=1S/C19H15ClN4O2S/c20-11-4-5-12-16(9-11)27-19(22-12)23-17(25)10-3-6-14-13(8-10)21-18(26)15-2-1-7-24(14)15/h3-6,8-9,15H,1-2,7H2,(H,21,26)(H,22,23,25)/t15-/m0/s1. The molecular formula is C19H15ClN4O2S. The second kappa shape index (κ2) is 6.21. The highest BCUT2D eigenvalue weighted by atomic mass is 35.5. The van der Waals surface area contributed by atoms with E-state index in [-0.39, 0.29) is 17.9 Å². The number of nitrogens with zero attached hydrogens (tertiary/aromatic N) is 2. The summed E-state index contributed by atoms with van der Waals surface area (Å²) in [7, 11) is 0. The van der Waals surface area contributed by atoms with Crippen molar-refractivity contribution in [1.29, 1.82) is 0 Å². The van der Waals surface area contributed by atoms with Crippen LogP contribution in [0.1, 0.15) is 23.2 Å². The van der Waals surface area contributed by atoms with Crippen molar-refractivity contribution in [2.75, 3.05) is 22.1 Å². The number of amides is 2. The maximum atomic E-state index is 12.7. The van der Waals surface area contributed by atoms with Gasteiger partial charge in [0.25, 0.3) is 5.91 Å². The average Bonchev–Trinajstić information content (AvgIpc) is 3.28. The molecule has 1 fully saturated rings. The van der Waals surface area contributed by atoms with Crippen LogP contribution in [0.2, 0.25) is 5.02 Å². The van der Waals surface area contributed by atoms with E-state index in [9.17, 15) is 9.59 Å². The summed E-state index contributed by atoms with van der Waals surface area (Å²) in [5.41, 5.74) is 2.92. The van der Waals surface area contributed by atoms with Crippen LogP contribution in [0, 0.1) is 0 Å². The van der Waals surface area contributed by atoms with E-state index in [0.717, 1.165) is 35.3 Å². The molecular weight excluding hydrogens is 384 g/mol. The number of hydrogen-bond acceptors (Lipinski definition) is 5. The second-order valence-electron chi connectivity index (χ2n) is 6.66. The van der Waals surface area contributed by atoms with Gasteiger partial charge < -0.3 is 10.2 Å². The van der Waals surface area contributed by atoms with Gasteiger partial charge in [-0.25, -0.2) is 4.98 Å². The predicted octanol–water partition coefficient (Wildman–Crippen LogP) is 4.12. The van der Waals surface area contributed by atoms with Crippen LogP contribution in [0.3, 0.4) is 0 Å². The van der Waals surface area contributed by atoms with E-state index in [4.69, 9.17) is 11.6 Å². The van der Waals surface area contributed by atoms with Gasteiger partial charge in [0.2, 0.25) is 5.91 Å². The molecule has 136 valence electrons. The molecule has 1 atom stereocenters. The third-order valence-corrected chi connectivity index (χ3v) is 6.12. The zero-order chi connectivity index (χ0) is 18.5. The molecule has 0 unspecified atom stereocenters. The zero-order valence-electron chi connectivity index (χ0n) is 14.2. The minimum absolute atomic E-state index is 0.000565. The van der Waals surface area contributed by atoms with E-state index in [1.165, 1.54) is 11.3 Å². The van der Waals surface area contributed by atoms with Gasteiger partial charge in [0.15, 0.2) is 5.13 Å². The van der Waals surface area contributed by atoms with E-state index in [1.54, 1.807) is 18.2 Å². The van der Waals surface area contributed by atoms with Crippen LogP contribution in [0.5, 0.6) is 0 Å². The van der Waals surface area contributed by atoms with Gasteiger partial charge in [-0.3, -0.25) is 14.9 Å². The number of anilines is 3. The number of fused-ring (bicyclic) bond motifs is 4. The number of thiazole rings is 1. The third kappa shape index (κ3) is 2.83. The molecule has 5 rings (SSSR count). The summed E-state index contributed by atoms with van der Waals surface area (Å²) in [6, 6.07) is 10.7. The summed E-state index contributed by atoms with van der Waals surface area (Å²) < 4.78 is 0.913. The fraction of sp³-hybridized carbons (Fsp3) is 0.211. The number of nitrogens with one attached hydrogen (secondary N) is 2. The Kier molecular flexibility index (Phi) is 3.80. The Labute approximate surface area is 164 Å². The van der Waals surface area contributed by atoms with Crippen molar-refractivity contribution in [3.63, 3.8) is 0 Å². The molecule has 1 saturated heterocycles. The van der Waals surface area contributed by atoms with Crippen LogP contribution in [-0.2, 0) is 4.79 Å². The first-order chi connectivity index (χ1) is 13.1. The molecule has 2 amide bonds. The first kappa shape index (κ1) is 16.5. The number of hydrogen-bond donors (Lipinski definition) is 2. The molecule has 27 heavy (non-hydrogen) atoms. The van der Waals surface area contributed by atoms with Gasteiger partial charge in [-0.2, -0.15) is 0 Å². The molecule has 3 aromatic rings. The van der Waals surface area contributed by atoms with Crippen molar-refractivity contribution >= 4 is 61.5 Å². The summed E-state index contributed by atoms with van der Waals surface area (Å²) in [6.07, 6.45) is 1.87. The van der Waals surface area contributed by atoms with Crippen molar-refractivity contribution in [2.45, 2.75) is 18.9 Å². The lowest BCUT2D eigenvalue weighted by Crippen LogP contribution is -2.43. The predicted molar refractivity (Wildman–Crippen MR) is 108 cm³/mol. The normalized spacial score (nSPS) is 18.2. The zero-order valence-corrected chi connectivity index (χ0v) is 15.7. The van der Waals surface area contributed by atoms with Crippen LogP contribution < -0.4 is 15.5 Å². The molecule has 6 nitrogen and oxygen atoms in total. The molecule has 2 aromatic carbocycles. The van der Waals surface area contributed by atoms with E-state index < -0.39 is 0 Å². The Bertz CT molecular complexity index is 1100. The number of rotatable bonds is 2. The molecule has 0 aliphatic carbocycles. The quantitative estimate of drug-likeness (QED) is 0.680. The number of carbonyl (C=O) groups excluding carboxylic acids is 2. The van der Waals surface area contributed by atoms with E-state index in [0.29, 0.717) is 21.4 Å². The topological polar surface area (TPSA) is 74.3 Å². The van der Waals surface area contributed by atoms with Crippen molar-refractivity contribution in [1.82, 2.24) is 4.98 Å². The Morgan fingerprint density at radius 1 is 1.30 bits per heavy atom. The minimum Gasteiger partial charge on any atom is -0.358 e. The highest BCUT2D eigenvalue weighted by Crippen LogP contribution is 2.37. The fourth-order valence-corrected chi connectivity index (χ4v) is 4.83. The largest absolute Gasteiger partial charge is 0.358 e. The van der Waals surface area contributed by atoms with Gasteiger partial charge in [0.1, 0.15) is 6.04 Å². The number of halogens is 1. The Morgan fingerprint density at radius 2 is 2.19 bits per heavy atom. The van der Waals surface area contributed by atoms with Crippen LogP contribution in [-0.4, -0.2) is 29.4 Å². The van der Waals surface area contributed by atoms with Gasteiger partial charge in [-0.05, 0) is 49.2 Å². The third-order valence-electron chi connectivity index (χ3n) is 4.95. The fourth-order valence-electron chi connectivity index (χ4n) is 3.69. The molecule has 2 N–H and O–H groups in total. The molecule has 2 aliphatic rings. The number of benzene rings is 2. The summed E-state index contributed by atoms with van der Waals surface area (Å²) in [4.78, 5) is 31.5. The maximum absolute atomic E-state index is 12.7. The Hall–Kier alpha value is -2.64. The molecule has 0 spiro atoms. The van der Waals surface area contributed by atoms with Crippen LogP contribution in [0.25, 0.3) is 10.2 Å². The monoisotopic (exact) mass is 398 g/mol. The van der Waals surface area contributed by atoms with Crippen molar-refractivity contribution < 1.29 is 9.59 Å². The molecule has 1 aromatic heterocycles. The van der Waals surface area contributed by atoms with Crippen molar-refractivity contribution in [3.05, 3.63) is 47.0 Å². The second-order valence-corrected chi connectivity index (χ2v) is 8.12. The lowest BCUT2D eigenvalue weighted by molar-refractivity contribution is -0.117. The summed E-state index contributed by atoms with van der Waals surface area (Å²) in [6.45, 7) is 0.866. The molecule has 0 radical (unpaired) electrons. The maximum Gasteiger partial charge on any atom is 0.257 e. The van der Waals surface area contributed by atoms with Crippen LogP contribution >= 0.6 is 22.9 Å². The Balaban J connectivity index is 1.42. The summed E-state index contributed by atoms with van der Waals surface area (Å²) >= 11 is 7.37. The van der Waals surface area contributed by atoms with Crippen LogP contribution in [0.15, 0.2) is 36.4 Å². The van der Waals surface area contributed by atoms with Gasteiger partial charge >= 0.3 is 0 Å². The molecule has 0 saturated carbocycles. The lowest BCUT2D eigenvalue weighted by atomic mass is 10.1. The van der Waals surface area contributed by atoms with E-state index >= 15 is 0 Å². The molecule has 0 bridgehead atoms. The first-order valence-electron chi connectivity index (χ1n) is 8.67. The lowest BCUT2D eigenvalue weighted by Gasteiger charge is -2.33. The van der Waals surface area contributed by atoms with E-state index in [2.05, 4.69) is 20.5 Å². The summed E-state index contributed by atoms with van der Waals surface area (Å²) in [5.74, 6) is -0.263. The van der Waals surface area contributed by atoms with Gasteiger partial charge in [-0.15, -0.1) is 0 Å². The highest BCUT2D eigenvalue weighted by molar-refractivity contribution is 7.22. The SMILES string of the molecule is O=C(Nc1nc2ccc(Cl)cc2s1)c1ccc2c(c1)NC(=O)[C@@H]1CCCN21. The highest BCUT2D eigenvalue weighted by Gasteiger charge is 2.36. The van der Waals surface area contributed by atoms with Crippen LogP contribution in [0.4, 0.5) is 16.5 Å². The summed E-state index contributed by atoms with van der Waals surface area (Å²) in [5, 5.41) is 6.91. The van der Waals surface area contributed by atoms with E-state index in [1.807, 2.05) is 18.2 Å². The van der Waals surface area contributed by atoms with Gasteiger partial charge in [0.05, 0.1) is 21.6 Å². The van der Waals surface area contributed by atoms with Gasteiger partial charge in [-0.1, -0.05) is 22.9 Å². The van der Waals surface area contributed by atoms with Crippen molar-refractivity contribution in [3.8, 4) is 0 Å². The minimum atomic E-state index is -0.263. The molecule has 3 heterocycles. The smallest absolute Gasteiger partial charge is 0.257 e. The average molecular weight is 399 g/mol. The Morgan fingerprint density at radius 3 is 3.07 bits per heavy atom. The number of aromatic nitrogens is 1. The molecule has 8 heteroatoms. The number of carbonyl (C=O) groups is 2. The first-order valence-corrected chi connectivity index (χ1v) is 9.87. The van der Waals surface area contributed by atoms with Crippen molar-refractivity contribution in [2.24, 2.45) is 0 Å². The van der Waals surface area contributed by atoms with Gasteiger partial charge in [0, 0.05) is 17.1 Å². The molecule has 2 aliphatic heterocycles.